The number of aliphatic hydroxyl groups excluding tert-OH is 4. The zero-order valence-electron chi connectivity index (χ0n) is 19.4. The summed E-state index contributed by atoms with van der Waals surface area (Å²) in [6, 6.07) is 4.60. The van der Waals surface area contributed by atoms with Gasteiger partial charge in [0.25, 0.3) is 0 Å². The fourth-order valence-electron chi connectivity index (χ4n) is 4.59. The summed E-state index contributed by atoms with van der Waals surface area (Å²) in [7, 11) is 0. The van der Waals surface area contributed by atoms with E-state index in [1.807, 2.05) is 0 Å². The van der Waals surface area contributed by atoms with Crippen molar-refractivity contribution < 1.29 is 47.9 Å². The number of hydrogen-bond acceptors (Lipinski definition) is 7. The highest BCUT2D eigenvalue weighted by Crippen LogP contribution is 2.38. The predicted molar refractivity (Wildman–Crippen MR) is 121 cm³/mol. The molecule has 0 aromatic heterocycles. The number of carbonyl (C=O) groups excluding carboxylic acids is 2. The highest BCUT2D eigenvalue weighted by Gasteiger charge is 2.44. The van der Waals surface area contributed by atoms with Gasteiger partial charge in [0.05, 0.1) is 18.3 Å². The zero-order valence-corrected chi connectivity index (χ0v) is 19.4. The van der Waals surface area contributed by atoms with Gasteiger partial charge in [-0.05, 0) is 53.8 Å². The molecule has 2 amide bonds. The lowest BCUT2D eigenvalue weighted by Crippen LogP contribution is -2.59. The van der Waals surface area contributed by atoms with Crippen LogP contribution in [0.15, 0.2) is 24.3 Å². The fourth-order valence-corrected chi connectivity index (χ4v) is 4.59. The monoisotopic (exact) mass is 512 g/mol. The third-order valence-corrected chi connectivity index (χ3v) is 6.50. The quantitative estimate of drug-likeness (QED) is 0.328. The van der Waals surface area contributed by atoms with Crippen LogP contribution in [0.1, 0.15) is 43.0 Å². The van der Waals surface area contributed by atoms with Gasteiger partial charge in [0.15, 0.2) is 0 Å². The van der Waals surface area contributed by atoms with Crippen LogP contribution in [0, 0.1) is 13.8 Å². The van der Waals surface area contributed by atoms with Crippen molar-refractivity contribution in [1.82, 2.24) is 0 Å². The van der Waals surface area contributed by atoms with Crippen molar-refractivity contribution in [2.75, 3.05) is 6.61 Å². The molecule has 1 fully saturated rings. The van der Waals surface area contributed by atoms with Crippen LogP contribution in [0.25, 0.3) is 11.1 Å². The van der Waals surface area contributed by atoms with Crippen LogP contribution in [0.4, 0.5) is 13.2 Å². The smallest absolute Gasteiger partial charge is 0.394 e. The largest absolute Gasteiger partial charge is 0.416 e. The highest BCUT2D eigenvalue weighted by atomic mass is 19.4. The molecule has 196 valence electrons. The average molecular weight is 512 g/mol. The summed E-state index contributed by atoms with van der Waals surface area (Å²) in [5, 5.41) is 39.5. The normalized spacial score (nSPS) is 24.5. The molecule has 5 atom stereocenters. The van der Waals surface area contributed by atoms with E-state index >= 15 is 0 Å². The molecular formula is C24H27F3N2O7. The molecule has 0 bridgehead atoms. The van der Waals surface area contributed by atoms with Crippen molar-refractivity contribution in [2.45, 2.75) is 57.0 Å². The molecule has 1 saturated heterocycles. The number of hydrogen-bond donors (Lipinski definition) is 6. The highest BCUT2D eigenvalue weighted by molar-refractivity contribution is 6.04. The van der Waals surface area contributed by atoms with Crippen LogP contribution < -0.4 is 11.5 Å². The molecule has 1 aliphatic rings. The van der Waals surface area contributed by atoms with Gasteiger partial charge in [-0.1, -0.05) is 12.1 Å². The number of ether oxygens (including phenoxy) is 1. The topological polar surface area (TPSA) is 176 Å². The van der Waals surface area contributed by atoms with E-state index in [2.05, 4.69) is 0 Å². The minimum atomic E-state index is -4.85. The Morgan fingerprint density at radius 2 is 1.56 bits per heavy atom. The number of primary amides is 2. The van der Waals surface area contributed by atoms with E-state index in [0.29, 0.717) is 0 Å². The summed E-state index contributed by atoms with van der Waals surface area (Å²) >= 11 is 0. The molecule has 12 heteroatoms. The minimum absolute atomic E-state index is 0.0275. The molecular weight excluding hydrogens is 485 g/mol. The first kappa shape index (κ1) is 27.6. The maximum atomic E-state index is 14.1. The summed E-state index contributed by atoms with van der Waals surface area (Å²) < 4.78 is 47.6. The summed E-state index contributed by atoms with van der Waals surface area (Å²) in [6.07, 6.45) is -13.1. The lowest BCUT2D eigenvalue weighted by Gasteiger charge is -2.40. The molecule has 0 aliphatic carbocycles. The van der Waals surface area contributed by atoms with Crippen molar-refractivity contribution >= 4 is 11.8 Å². The standard InChI is InChI=1S/C24H27F3N2O7/c1-9-13(7-14(22(28)34)10(2)18(9)23(29)35)11-3-4-12(15(5-11)24(25,26)27)6-16-19(31)21(33)20(32)17(8-30)36-16/h3-5,7,16-17,19-21,30-33H,6,8H2,1-2H3,(H2,28,34)(H2,29,35)/t16-,17-,19-,20-,21-/m1/s1. The number of amides is 2. The van der Waals surface area contributed by atoms with Crippen LogP contribution in [0.5, 0.6) is 0 Å². The Labute approximate surface area is 204 Å². The van der Waals surface area contributed by atoms with Gasteiger partial charge in [-0.15, -0.1) is 0 Å². The van der Waals surface area contributed by atoms with Crippen LogP contribution >= 0.6 is 0 Å². The van der Waals surface area contributed by atoms with E-state index in [1.165, 1.54) is 26.0 Å². The molecule has 1 aliphatic heterocycles. The van der Waals surface area contributed by atoms with E-state index in [-0.39, 0.29) is 38.9 Å². The van der Waals surface area contributed by atoms with E-state index in [1.54, 1.807) is 0 Å². The van der Waals surface area contributed by atoms with Crippen molar-refractivity contribution in [3.63, 3.8) is 0 Å². The number of rotatable bonds is 6. The third-order valence-electron chi connectivity index (χ3n) is 6.50. The fraction of sp³-hybridized carbons (Fsp3) is 0.417. The molecule has 3 rings (SSSR count). The number of halogens is 3. The van der Waals surface area contributed by atoms with Crippen LogP contribution in [0.2, 0.25) is 0 Å². The second kappa shape index (κ2) is 10.1. The number of benzene rings is 2. The van der Waals surface area contributed by atoms with Gasteiger partial charge < -0.3 is 36.6 Å². The SMILES string of the molecule is Cc1c(C(N)=O)cc(-c2ccc(C[C@H]3O[C@H](CO)[C@@H](O)[C@H](O)[C@@H]3O)c(C(F)(F)F)c2)c(C)c1C(N)=O. The number of carbonyl (C=O) groups is 2. The summed E-state index contributed by atoms with van der Waals surface area (Å²) in [4.78, 5) is 24.0. The third kappa shape index (κ3) is 5.08. The average Bonchev–Trinajstić information content (AvgIpc) is 2.78. The maximum absolute atomic E-state index is 14.1. The first-order valence-electron chi connectivity index (χ1n) is 10.9. The Bertz CT molecular complexity index is 1180. The molecule has 0 spiro atoms. The van der Waals surface area contributed by atoms with Gasteiger partial charge in [-0.2, -0.15) is 13.2 Å². The predicted octanol–water partition coefficient (Wildman–Crippen LogP) is 0.572. The molecule has 0 unspecified atom stereocenters. The molecule has 8 N–H and O–H groups in total. The van der Waals surface area contributed by atoms with Crippen LogP contribution in [-0.2, 0) is 17.3 Å². The molecule has 9 nitrogen and oxygen atoms in total. The zero-order chi connectivity index (χ0) is 27.1. The molecule has 2 aromatic rings. The first-order chi connectivity index (χ1) is 16.7. The van der Waals surface area contributed by atoms with E-state index in [0.717, 1.165) is 12.1 Å². The van der Waals surface area contributed by atoms with Crippen molar-refractivity contribution in [1.29, 1.82) is 0 Å². The Hall–Kier alpha value is -3.03. The second-order valence-corrected chi connectivity index (χ2v) is 8.77. The molecule has 1 heterocycles. The Kier molecular flexibility index (Phi) is 7.77. The van der Waals surface area contributed by atoms with Crippen LogP contribution in [0.3, 0.4) is 0 Å². The number of alkyl halides is 3. The van der Waals surface area contributed by atoms with Gasteiger partial charge in [-0.3, -0.25) is 9.59 Å². The Morgan fingerprint density at radius 3 is 2.08 bits per heavy atom. The second-order valence-electron chi connectivity index (χ2n) is 8.77. The Morgan fingerprint density at radius 1 is 0.944 bits per heavy atom. The van der Waals surface area contributed by atoms with Gasteiger partial charge in [0.1, 0.15) is 24.4 Å². The lowest BCUT2D eigenvalue weighted by molar-refractivity contribution is -0.228. The first-order valence-corrected chi connectivity index (χ1v) is 10.9. The lowest BCUT2D eigenvalue weighted by atomic mass is 9.86. The van der Waals surface area contributed by atoms with Crippen LogP contribution in [-0.4, -0.2) is 69.4 Å². The van der Waals surface area contributed by atoms with Gasteiger partial charge in [-0.25, -0.2) is 0 Å². The maximum Gasteiger partial charge on any atom is 0.416 e. The number of nitrogens with two attached hydrogens (primary N) is 2. The summed E-state index contributed by atoms with van der Waals surface area (Å²) in [5.41, 5.74) is 10.0. The van der Waals surface area contributed by atoms with Crippen molar-refractivity contribution in [2.24, 2.45) is 11.5 Å². The summed E-state index contributed by atoms with van der Waals surface area (Å²) in [5.74, 6) is -1.75. The van der Waals surface area contributed by atoms with Crippen molar-refractivity contribution in [3.05, 3.63) is 57.6 Å². The summed E-state index contributed by atoms with van der Waals surface area (Å²) in [6.45, 7) is 2.23. The number of aliphatic hydroxyl groups is 4. The van der Waals surface area contributed by atoms with Crippen molar-refractivity contribution in [3.8, 4) is 11.1 Å². The van der Waals surface area contributed by atoms with E-state index in [9.17, 15) is 43.2 Å². The molecule has 0 radical (unpaired) electrons. The van der Waals surface area contributed by atoms with E-state index in [4.69, 9.17) is 16.2 Å². The molecule has 36 heavy (non-hydrogen) atoms. The van der Waals surface area contributed by atoms with E-state index < -0.39 is 67.1 Å². The van der Waals surface area contributed by atoms with Gasteiger partial charge in [0, 0.05) is 17.5 Å². The molecule has 2 aromatic carbocycles. The molecule has 0 saturated carbocycles. The Balaban J connectivity index is 2.12. The van der Waals surface area contributed by atoms with Gasteiger partial charge >= 0.3 is 6.18 Å². The minimum Gasteiger partial charge on any atom is -0.394 e. The van der Waals surface area contributed by atoms with Gasteiger partial charge in [0.2, 0.25) is 11.8 Å².